The Morgan fingerprint density at radius 2 is 2.21 bits per heavy atom. The van der Waals surface area contributed by atoms with Crippen molar-refractivity contribution in [3.8, 4) is 0 Å². The van der Waals surface area contributed by atoms with Crippen LogP contribution in [0, 0.1) is 5.41 Å². The van der Waals surface area contributed by atoms with Crippen LogP contribution in [0.15, 0.2) is 6.20 Å². The van der Waals surface area contributed by atoms with Crippen molar-refractivity contribution in [1.82, 2.24) is 15.0 Å². The molecule has 0 atom stereocenters. The van der Waals surface area contributed by atoms with Gasteiger partial charge in [0, 0.05) is 13.0 Å². The summed E-state index contributed by atoms with van der Waals surface area (Å²) >= 11 is 0. The molecule has 0 aliphatic carbocycles. The van der Waals surface area contributed by atoms with Gasteiger partial charge in [-0.25, -0.2) is 13.5 Å². The first-order valence-corrected chi connectivity index (χ1v) is 4.33. The van der Waals surface area contributed by atoms with Crippen molar-refractivity contribution >= 4 is 5.82 Å². The third-order valence-electron chi connectivity index (χ3n) is 1.85. The van der Waals surface area contributed by atoms with Crippen LogP contribution >= 0.6 is 0 Å². The van der Waals surface area contributed by atoms with E-state index in [1.54, 1.807) is 13.8 Å². The molecule has 1 aromatic rings. The van der Waals surface area contributed by atoms with Gasteiger partial charge in [0.05, 0.1) is 6.20 Å². The van der Waals surface area contributed by atoms with Gasteiger partial charge in [-0.2, -0.15) is 0 Å². The van der Waals surface area contributed by atoms with Crippen molar-refractivity contribution in [1.29, 1.82) is 0 Å². The second-order valence-electron chi connectivity index (χ2n) is 4.10. The number of rotatable bonds is 4. The number of hydrogen-bond donors (Lipinski definition) is 1. The monoisotopic (exact) mass is 204 g/mol. The topological polar surface area (TPSA) is 56.7 Å². The van der Waals surface area contributed by atoms with Crippen molar-refractivity contribution in [3.63, 3.8) is 0 Å². The summed E-state index contributed by atoms with van der Waals surface area (Å²) in [5.74, 6) is 0.304. The second-order valence-corrected chi connectivity index (χ2v) is 4.10. The fourth-order valence-corrected chi connectivity index (χ4v) is 1.31. The summed E-state index contributed by atoms with van der Waals surface area (Å²) in [4.78, 5) is 0. The zero-order chi connectivity index (χ0) is 10.8. The summed E-state index contributed by atoms with van der Waals surface area (Å²) in [5.41, 5.74) is 4.85. The molecule has 0 aliphatic heterocycles. The molecule has 0 aromatic carbocycles. The Morgan fingerprint density at radius 1 is 1.57 bits per heavy atom. The Morgan fingerprint density at radius 3 is 2.64 bits per heavy atom. The molecule has 0 saturated heterocycles. The predicted octanol–water partition coefficient (Wildman–Crippen LogP) is 1.54. The van der Waals surface area contributed by atoms with Crippen LogP contribution in [0.3, 0.4) is 0 Å². The lowest BCUT2D eigenvalue weighted by atomic mass is 9.89. The van der Waals surface area contributed by atoms with E-state index in [4.69, 9.17) is 5.73 Å². The number of anilines is 1. The number of aromatic nitrogens is 3. The first-order valence-electron chi connectivity index (χ1n) is 4.33. The van der Waals surface area contributed by atoms with Crippen LogP contribution < -0.4 is 5.73 Å². The molecule has 4 nitrogen and oxygen atoms in total. The molecular weight excluding hydrogens is 190 g/mol. The van der Waals surface area contributed by atoms with Gasteiger partial charge in [0.2, 0.25) is 6.43 Å². The highest BCUT2D eigenvalue weighted by Gasteiger charge is 2.24. The Labute approximate surface area is 81.1 Å². The fourth-order valence-electron chi connectivity index (χ4n) is 1.31. The quantitative estimate of drug-likeness (QED) is 0.809. The van der Waals surface area contributed by atoms with Crippen LogP contribution in [0.25, 0.3) is 0 Å². The molecule has 0 saturated carbocycles. The number of nitrogens with two attached hydrogens (primary N) is 1. The molecule has 0 radical (unpaired) electrons. The normalized spacial score (nSPS) is 12.4. The highest BCUT2D eigenvalue weighted by Crippen LogP contribution is 2.26. The van der Waals surface area contributed by atoms with Crippen molar-refractivity contribution in [2.45, 2.75) is 33.2 Å². The Bertz CT molecular complexity index is 295. The Kier molecular flexibility index (Phi) is 3.03. The summed E-state index contributed by atoms with van der Waals surface area (Å²) in [5, 5.41) is 7.29. The van der Waals surface area contributed by atoms with E-state index in [-0.39, 0.29) is 6.42 Å². The average Bonchev–Trinajstić information content (AvgIpc) is 2.30. The van der Waals surface area contributed by atoms with Gasteiger partial charge in [0.25, 0.3) is 0 Å². The summed E-state index contributed by atoms with van der Waals surface area (Å²) in [6, 6.07) is 0. The van der Waals surface area contributed by atoms with E-state index >= 15 is 0 Å². The second kappa shape index (κ2) is 3.89. The molecule has 80 valence electrons. The summed E-state index contributed by atoms with van der Waals surface area (Å²) in [6.45, 7) is 3.91. The first kappa shape index (κ1) is 10.9. The van der Waals surface area contributed by atoms with Gasteiger partial charge in [-0.3, -0.25) is 0 Å². The maximum absolute atomic E-state index is 12.2. The molecule has 14 heavy (non-hydrogen) atoms. The molecule has 1 rings (SSSR count). The first-order chi connectivity index (χ1) is 6.39. The average molecular weight is 204 g/mol. The number of nitrogens with zero attached hydrogens (tertiary/aromatic N) is 3. The van der Waals surface area contributed by atoms with Gasteiger partial charge >= 0.3 is 0 Å². The summed E-state index contributed by atoms with van der Waals surface area (Å²) < 4.78 is 25.8. The minimum absolute atomic E-state index is 0.160. The third kappa shape index (κ3) is 3.27. The van der Waals surface area contributed by atoms with Gasteiger partial charge in [-0.15, -0.1) is 5.10 Å². The molecule has 0 bridgehead atoms. The molecule has 1 aromatic heterocycles. The van der Waals surface area contributed by atoms with Crippen LogP contribution in [0.5, 0.6) is 0 Å². The van der Waals surface area contributed by atoms with Crippen LogP contribution in [0.2, 0.25) is 0 Å². The standard InChI is InChI=1S/C8H14F2N4/c1-8(2,3-6(9)10)5-14-4-7(11)12-13-14/h4,6H,3,5,11H2,1-2H3. The highest BCUT2D eigenvalue weighted by atomic mass is 19.3. The minimum Gasteiger partial charge on any atom is -0.381 e. The van der Waals surface area contributed by atoms with Crippen molar-refractivity contribution < 1.29 is 8.78 Å². The van der Waals surface area contributed by atoms with E-state index < -0.39 is 11.8 Å². The molecule has 1 heterocycles. The molecule has 0 amide bonds. The molecule has 0 unspecified atom stereocenters. The van der Waals surface area contributed by atoms with E-state index in [2.05, 4.69) is 10.3 Å². The van der Waals surface area contributed by atoms with Crippen LogP contribution in [0.1, 0.15) is 20.3 Å². The van der Waals surface area contributed by atoms with Crippen molar-refractivity contribution in [2.24, 2.45) is 5.41 Å². The number of halogens is 2. The summed E-state index contributed by atoms with van der Waals surface area (Å²) in [7, 11) is 0. The number of hydrogen-bond acceptors (Lipinski definition) is 3. The molecule has 2 N–H and O–H groups in total. The largest absolute Gasteiger partial charge is 0.381 e. The fraction of sp³-hybridized carbons (Fsp3) is 0.750. The summed E-state index contributed by atoms with van der Waals surface area (Å²) in [6.07, 6.45) is -0.925. The molecular formula is C8H14F2N4. The Hall–Kier alpha value is -1.20. The zero-order valence-electron chi connectivity index (χ0n) is 8.24. The smallest absolute Gasteiger partial charge is 0.239 e. The van der Waals surface area contributed by atoms with E-state index in [0.29, 0.717) is 12.4 Å². The SMILES string of the molecule is CC(C)(CC(F)F)Cn1cc(N)nn1. The lowest BCUT2D eigenvalue weighted by Crippen LogP contribution is -2.23. The van der Waals surface area contributed by atoms with Gasteiger partial charge < -0.3 is 5.73 Å². The van der Waals surface area contributed by atoms with E-state index in [0.717, 1.165) is 0 Å². The molecule has 0 aliphatic rings. The number of nitrogen functional groups attached to an aromatic ring is 1. The Balaban J connectivity index is 2.58. The van der Waals surface area contributed by atoms with Gasteiger partial charge in [0.1, 0.15) is 0 Å². The molecule has 0 spiro atoms. The van der Waals surface area contributed by atoms with Crippen LogP contribution in [-0.2, 0) is 6.54 Å². The van der Waals surface area contributed by atoms with Crippen molar-refractivity contribution in [2.75, 3.05) is 5.73 Å². The molecule has 6 heteroatoms. The van der Waals surface area contributed by atoms with Crippen LogP contribution in [0.4, 0.5) is 14.6 Å². The molecule has 0 fully saturated rings. The van der Waals surface area contributed by atoms with E-state index in [1.165, 1.54) is 10.9 Å². The van der Waals surface area contributed by atoms with E-state index in [9.17, 15) is 8.78 Å². The van der Waals surface area contributed by atoms with Gasteiger partial charge in [0.15, 0.2) is 5.82 Å². The lowest BCUT2D eigenvalue weighted by Gasteiger charge is -2.23. The predicted molar refractivity (Wildman–Crippen MR) is 48.8 cm³/mol. The van der Waals surface area contributed by atoms with Crippen molar-refractivity contribution in [3.05, 3.63) is 6.20 Å². The van der Waals surface area contributed by atoms with Gasteiger partial charge in [-0.05, 0) is 5.41 Å². The lowest BCUT2D eigenvalue weighted by molar-refractivity contribution is 0.0775. The van der Waals surface area contributed by atoms with Gasteiger partial charge in [-0.1, -0.05) is 19.1 Å². The maximum atomic E-state index is 12.2. The minimum atomic E-state index is -2.30. The van der Waals surface area contributed by atoms with Crippen LogP contribution in [-0.4, -0.2) is 21.4 Å². The van der Waals surface area contributed by atoms with E-state index in [1.807, 2.05) is 0 Å². The zero-order valence-corrected chi connectivity index (χ0v) is 8.24. The number of alkyl halides is 2. The highest BCUT2D eigenvalue weighted by molar-refractivity contribution is 5.19. The third-order valence-corrected chi connectivity index (χ3v) is 1.85. The maximum Gasteiger partial charge on any atom is 0.239 e.